The minimum absolute atomic E-state index is 0. The Kier molecular flexibility index (Phi) is 6.00. The SMILES string of the molecule is Cc1ccc2c(c1)c1c(n2CC(O)CNC(C)(C)C)CCCC1.[Cl-]. The van der Waals surface area contributed by atoms with E-state index < -0.39 is 0 Å². The summed E-state index contributed by atoms with van der Waals surface area (Å²) in [6.07, 6.45) is 4.51. The minimum Gasteiger partial charge on any atom is -1.00 e. The van der Waals surface area contributed by atoms with Crippen molar-refractivity contribution in [2.75, 3.05) is 6.54 Å². The van der Waals surface area contributed by atoms with E-state index in [2.05, 4.69) is 55.8 Å². The van der Waals surface area contributed by atoms with Gasteiger partial charge in [0, 0.05) is 28.7 Å². The van der Waals surface area contributed by atoms with Crippen LogP contribution < -0.4 is 17.7 Å². The maximum absolute atomic E-state index is 10.5. The first kappa shape index (κ1) is 19.3. The molecule has 2 aromatic rings. The zero-order valence-electron chi connectivity index (χ0n) is 15.3. The first-order valence-corrected chi connectivity index (χ1v) is 8.89. The van der Waals surface area contributed by atoms with Crippen LogP contribution in [0.1, 0.15) is 50.4 Å². The molecule has 24 heavy (non-hydrogen) atoms. The highest BCUT2D eigenvalue weighted by Crippen LogP contribution is 2.33. The van der Waals surface area contributed by atoms with Crippen LogP contribution >= 0.6 is 0 Å². The van der Waals surface area contributed by atoms with Crippen LogP contribution in [0.3, 0.4) is 0 Å². The van der Waals surface area contributed by atoms with Gasteiger partial charge < -0.3 is 27.4 Å². The molecule has 3 nitrogen and oxygen atoms in total. The molecule has 0 bridgehead atoms. The lowest BCUT2D eigenvalue weighted by molar-refractivity contribution is -0.00000721. The number of aromatic nitrogens is 1. The fraction of sp³-hybridized carbons (Fsp3) is 0.600. The molecule has 1 aliphatic rings. The molecule has 0 aliphatic heterocycles. The minimum atomic E-state index is -0.364. The zero-order valence-corrected chi connectivity index (χ0v) is 16.1. The molecular weight excluding hydrogens is 320 g/mol. The Bertz CT molecular complexity index is 700. The molecule has 4 heteroatoms. The summed E-state index contributed by atoms with van der Waals surface area (Å²) in [5, 5.41) is 15.3. The van der Waals surface area contributed by atoms with Crippen LogP contribution in [-0.4, -0.2) is 27.9 Å². The van der Waals surface area contributed by atoms with Gasteiger partial charge >= 0.3 is 0 Å². The molecule has 1 unspecified atom stereocenters. The van der Waals surface area contributed by atoms with Gasteiger partial charge in [-0.05, 0) is 71.1 Å². The predicted octanol–water partition coefficient (Wildman–Crippen LogP) is 0.582. The summed E-state index contributed by atoms with van der Waals surface area (Å²) in [4.78, 5) is 0. The first-order valence-electron chi connectivity index (χ1n) is 8.89. The molecule has 0 radical (unpaired) electrons. The summed E-state index contributed by atoms with van der Waals surface area (Å²) in [5.74, 6) is 0. The summed E-state index contributed by atoms with van der Waals surface area (Å²) in [7, 11) is 0. The molecule has 3 rings (SSSR count). The summed E-state index contributed by atoms with van der Waals surface area (Å²) in [6.45, 7) is 9.87. The van der Waals surface area contributed by atoms with Crippen molar-refractivity contribution in [3.05, 3.63) is 35.0 Å². The average molecular weight is 350 g/mol. The highest BCUT2D eigenvalue weighted by atomic mass is 35.5. The van der Waals surface area contributed by atoms with Gasteiger partial charge in [-0.15, -0.1) is 0 Å². The Morgan fingerprint density at radius 3 is 2.62 bits per heavy atom. The lowest BCUT2D eigenvalue weighted by Crippen LogP contribution is -3.00. The van der Waals surface area contributed by atoms with Crippen LogP contribution in [0.2, 0.25) is 0 Å². The van der Waals surface area contributed by atoms with Gasteiger partial charge in [-0.2, -0.15) is 0 Å². The van der Waals surface area contributed by atoms with Gasteiger partial charge in [0.25, 0.3) is 0 Å². The normalized spacial score (nSPS) is 15.9. The third kappa shape index (κ3) is 4.14. The maximum atomic E-state index is 10.5. The number of aliphatic hydroxyl groups excluding tert-OH is 1. The van der Waals surface area contributed by atoms with E-state index in [4.69, 9.17) is 0 Å². The Hall–Kier alpha value is -1.03. The van der Waals surface area contributed by atoms with Gasteiger partial charge in [-0.3, -0.25) is 0 Å². The van der Waals surface area contributed by atoms with Gasteiger partial charge in [-0.1, -0.05) is 11.6 Å². The molecule has 0 spiro atoms. The number of nitrogens with zero attached hydrogens (tertiary/aromatic N) is 1. The van der Waals surface area contributed by atoms with E-state index in [1.54, 1.807) is 0 Å². The smallest absolute Gasteiger partial charge is 0.0843 e. The molecule has 1 aromatic carbocycles. The second-order valence-electron chi connectivity index (χ2n) is 8.05. The van der Waals surface area contributed by atoms with Crippen molar-refractivity contribution in [1.29, 1.82) is 0 Å². The Balaban J connectivity index is 0.00000208. The lowest BCUT2D eigenvalue weighted by atomic mass is 9.95. The van der Waals surface area contributed by atoms with E-state index >= 15 is 0 Å². The molecule has 0 amide bonds. The molecule has 0 fully saturated rings. The van der Waals surface area contributed by atoms with Crippen molar-refractivity contribution < 1.29 is 17.5 Å². The van der Waals surface area contributed by atoms with Gasteiger partial charge in [0.2, 0.25) is 0 Å². The third-order valence-corrected chi connectivity index (χ3v) is 4.79. The van der Waals surface area contributed by atoms with E-state index in [1.807, 2.05) is 0 Å². The van der Waals surface area contributed by atoms with Crippen LogP contribution in [0.15, 0.2) is 18.2 Å². The number of fused-ring (bicyclic) bond motifs is 3. The van der Waals surface area contributed by atoms with Crippen molar-refractivity contribution in [3.8, 4) is 0 Å². The third-order valence-electron chi connectivity index (χ3n) is 4.79. The summed E-state index contributed by atoms with van der Waals surface area (Å²) in [5.41, 5.74) is 5.61. The number of rotatable bonds is 4. The molecule has 2 N–H and O–H groups in total. The number of benzene rings is 1. The molecule has 1 aliphatic carbocycles. The summed E-state index contributed by atoms with van der Waals surface area (Å²) < 4.78 is 2.37. The number of β-amino-alcohol motifs (C(OH)–C–C–N with tert-alkyl or cyclic N) is 1. The van der Waals surface area contributed by atoms with Crippen molar-refractivity contribution >= 4 is 10.9 Å². The van der Waals surface area contributed by atoms with Crippen LogP contribution in [0.4, 0.5) is 0 Å². The molecule has 1 heterocycles. The number of hydrogen-bond donors (Lipinski definition) is 2. The van der Waals surface area contributed by atoms with E-state index in [1.165, 1.54) is 47.0 Å². The van der Waals surface area contributed by atoms with Crippen LogP contribution in [0.25, 0.3) is 10.9 Å². The van der Waals surface area contributed by atoms with E-state index in [0.717, 1.165) is 6.42 Å². The van der Waals surface area contributed by atoms with Gasteiger partial charge in [0.05, 0.1) is 12.6 Å². The second-order valence-corrected chi connectivity index (χ2v) is 8.05. The summed E-state index contributed by atoms with van der Waals surface area (Å²) >= 11 is 0. The van der Waals surface area contributed by atoms with Crippen molar-refractivity contribution in [1.82, 2.24) is 9.88 Å². The molecular formula is C20H30ClN2O-. The first-order chi connectivity index (χ1) is 10.8. The van der Waals surface area contributed by atoms with Gasteiger partial charge in [0.1, 0.15) is 0 Å². The molecule has 1 atom stereocenters. The van der Waals surface area contributed by atoms with Crippen LogP contribution in [0, 0.1) is 6.92 Å². The number of aliphatic hydroxyl groups is 1. The number of aryl methyl sites for hydroxylation is 2. The lowest BCUT2D eigenvalue weighted by Gasteiger charge is -2.24. The van der Waals surface area contributed by atoms with E-state index in [9.17, 15) is 5.11 Å². The quantitative estimate of drug-likeness (QED) is 0.847. The average Bonchev–Trinajstić information content (AvgIpc) is 2.79. The Morgan fingerprint density at radius 1 is 1.21 bits per heavy atom. The fourth-order valence-corrected chi connectivity index (χ4v) is 3.66. The molecule has 0 saturated heterocycles. The van der Waals surface area contributed by atoms with Crippen molar-refractivity contribution in [2.45, 2.75) is 71.6 Å². The Labute approximate surface area is 151 Å². The van der Waals surface area contributed by atoms with Crippen molar-refractivity contribution in [2.24, 2.45) is 0 Å². The van der Waals surface area contributed by atoms with Crippen LogP contribution in [0.5, 0.6) is 0 Å². The predicted molar refractivity (Wildman–Crippen MR) is 97.1 cm³/mol. The van der Waals surface area contributed by atoms with Crippen LogP contribution in [-0.2, 0) is 19.4 Å². The van der Waals surface area contributed by atoms with Crippen molar-refractivity contribution in [3.63, 3.8) is 0 Å². The highest BCUT2D eigenvalue weighted by Gasteiger charge is 2.22. The number of nitrogens with one attached hydrogen (secondary N) is 1. The van der Waals surface area contributed by atoms with E-state index in [0.29, 0.717) is 13.1 Å². The van der Waals surface area contributed by atoms with Gasteiger partial charge in [0.15, 0.2) is 0 Å². The fourth-order valence-electron chi connectivity index (χ4n) is 3.66. The largest absolute Gasteiger partial charge is 1.00 e. The number of hydrogen-bond acceptors (Lipinski definition) is 2. The Morgan fingerprint density at radius 2 is 1.92 bits per heavy atom. The standard InChI is InChI=1S/C20H30N2O.ClH/c1-14-9-10-19-17(11-14)16-7-5-6-8-18(16)22(19)13-15(23)12-21-20(2,3)4;/h9-11,15,21,23H,5-8,12-13H2,1-4H3;1H/p-1. The topological polar surface area (TPSA) is 37.2 Å². The maximum Gasteiger partial charge on any atom is 0.0843 e. The monoisotopic (exact) mass is 349 g/mol. The zero-order chi connectivity index (χ0) is 16.6. The summed E-state index contributed by atoms with van der Waals surface area (Å²) in [6, 6.07) is 6.73. The number of halogens is 1. The molecule has 1 aromatic heterocycles. The highest BCUT2D eigenvalue weighted by molar-refractivity contribution is 5.86. The van der Waals surface area contributed by atoms with E-state index in [-0.39, 0.29) is 24.0 Å². The second kappa shape index (κ2) is 7.47. The molecule has 0 saturated carbocycles. The van der Waals surface area contributed by atoms with Gasteiger partial charge in [-0.25, -0.2) is 0 Å². The molecule has 134 valence electrons.